The topological polar surface area (TPSA) is 88.5 Å². The van der Waals surface area contributed by atoms with Crippen LogP contribution in [0.4, 0.5) is 0 Å². The van der Waals surface area contributed by atoms with Crippen molar-refractivity contribution in [3.8, 4) is 17.5 Å². The Kier molecular flexibility index (Phi) is 4.18. The van der Waals surface area contributed by atoms with E-state index in [1.807, 2.05) is 16.8 Å². The van der Waals surface area contributed by atoms with Crippen molar-refractivity contribution >= 4 is 23.1 Å². The third-order valence-corrected chi connectivity index (χ3v) is 4.51. The van der Waals surface area contributed by atoms with E-state index in [1.54, 1.807) is 25.2 Å². The van der Waals surface area contributed by atoms with E-state index >= 15 is 0 Å². The van der Waals surface area contributed by atoms with Crippen LogP contribution in [0.3, 0.4) is 0 Å². The Morgan fingerprint density at radius 1 is 1.32 bits per heavy atom. The quantitative estimate of drug-likeness (QED) is 0.535. The number of thioether (sulfide) groups is 1. The molecule has 0 aliphatic heterocycles. The molecule has 0 spiro atoms. The molecule has 0 aliphatic carbocycles. The van der Waals surface area contributed by atoms with Gasteiger partial charge in [-0.25, -0.2) is 9.97 Å². The first-order valence-corrected chi connectivity index (χ1v) is 8.33. The molecule has 110 valence electrons. The SMILES string of the molecule is Cc1nc(C)c(C#N)c(SCc2noc(-c3ccsc3)n2)n1. The fourth-order valence-electron chi connectivity index (χ4n) is 1.86. The minimum atomic E-state index is 0.484. The summed E-state index contributed by atoms with van der Waals surface area (Å²) in [5.41, 5.74) is 2.10. The molecule has 3 aromatic rings. The molecule has 6 nitrogen and oxygen atoms in total. The number of aryl methyl sites for hydroxylation is 2. The zero-order valence-electron chi connectivity index (χ0n) is 11.9. The first-order valence-electron chi connectivity index (χ1n) is 6.40. The van der Waals surface area contributed by atoms with Crippen LogP contribution in [-0.4, -0.2) is 20.1 Å². The van der Waals surface area contributed by atoms with Gasteiger partial charge in [-0.05, 0) is 25.3 Å². The van der Waals surface area contributed by atoms with Crippen LogP contribution in [0.2, 0.25) is 0 Å². The number of rotatable bonds is 4. The Morgan fingerprint density at radius 2 is 2.18 bits per heavy atom. The molecule has 0 fully saturated rings. The van der Waals surface area contributed by atoms with Gasteiger partial charge in [0.05, 0.1) is 17.0 Å². The maximum absolute atomic E-state index is 9.22. The van der Waals surface area contributed by atoms with Crippen molar-refractivity contribution in [2.24, 2.45) is 0 Å². The fraction of sp³-hybridized carbons (Fsp3) is 0.214. The highest BCUT2D eigenvalue weighted by Crippen LogP contribution is 2.26. The van der Waals surface area contributed by atoms with Gasteiger partial charge in [-0.3, -0.25) is 0 Å². The second kappa shape index (κ2) is 6.25. The number of hydrogen-bond donors (Lipinski definition) is 0. The van der Waals surface area contributed by atoms with Crippen molar-refractivity contribution in [1.82, 2.24) is 20.1 Å². The molecule has 0 N–H and O–H groups in total. The molecule has 3 heterocycles. The number of hydrogen-bond acceptors (Lipinski definition) is 8. The van der Waals surface area contributed by atoms with Gasteiger partial charge in [0.15, 0.2) is 5.82 Å². The Balaban J connectivity index is 1.78. The smallest absolute Gasteiger partial charge is 0.258 e. The predicted molar refractivity (Wildman–Crippen MR) is 83.4 cm³/mol. The molecule has 0 bridgehead atoms. The second-order valence-corrected chi connectivity index (χ2v) is 6.21. The van der Waals surface area contributed by atoms with Gasteiger partial charge in [-0.15, -0.1) is 0 Å². The van der Waals surface area contributed by atoms with Crippen molar-refractivity contribution in [1.29, 1.82) is 5.26 Å². The average molecular weight is 329 g/mol. The van der Waals surface area contributed by atoms with E-state index in [-0.39, 0.29) is 0 Å². The van der Waals surface area contributed by atoms with Crippen LogP contribution in [-0.2, 0) is 5.75 Å². The molecule has 3 aromatic heterocycles. The van der Waals surface area contributed by atoms with Crippen molar-refractivity contribution in [3.63, 3.8) is 0 Å². The summed E-state index contributed by atoms with van der Waals surface area (Å²) in [6, 6.07) is 4.08. The summed E-state index contributed by atoms with van der Waals surface area (Å²) in [5.74, 6) is 2.21. The van der Waals surface area contributed by atoms with E-state index in [2.05, 4.69) is 26.2 Å². The van der Waals surface area contributed by atoms with Crippen LogP contribution in [0.25, 0.3) is 11.5 Å². The maximum Gasteiger partial charge on any atom is 0.258 e. The summed E-state index contributed by atoms with van der Waals surface area (Å²) in [4.78, 5) is 12.9. The van der Waals surface area contributed by atoms with Crippen LogP contribution >= 0.6 is 23.1 Å². The molecular weight excluding hydrogens is 318 g/mol. The van der Waals surface area contributed by atoms with Crippen molar-refractivity contribution in [3.05, 3.63) is 39.7 Å². The normalized spacial score (nSPS) is 10.6. The Labute approximate surface area is 135 Å². The lowest BCUT2D eigenvalue weighted by atomic mass is 10.3. The Morgan fingerprint density at radius 3 is 2.91 bits per heavy atom. The molecule has 0 aliphatic rings. The molecule has 0 saturated carbocycles. The van der Waals surface area contributed by atoms with Gasteiger partial charge < -0.3 is 4.52 Å². The van der Waals surface area contributed by atoms with Gasteiger partial charge in [-0.1, -0.05) is 16.9 Å². The summed E-state index contributed by atoms with van der Waals surface area (Å²) in [5, 5.41) is 17.7. The van der Waals surface area contributed by atoms with Gasteiger partial charge in [0, 0.05) is 5.38 Å². The summed E-state index contributed by atoms with van der Waals surface area (Å²) >= 11 is 2.98. The predicted octanol–water partition coefficient (Wildman–Crippen LogP) is 3.37. The summed E-state index contributed by atoms with van der Waals surface area (Å²) in [6.07, 6.45) is 0. The van der Waals surface area contributed by atoms with Crippen molar-refractivity contribution < 1.29 is 4.52 Å². The van der Waals surface area contributed by atoms with Crippen molar-refractivity contribution in [2.45, 2.75) is 24.6 Å². The second-order valence-electron chi connectivity index (χ2n) is 4.46. The van der Waals surface area contributed by atoms with Gasteiger partial charge in [0.25, 0.3) is 5.89 Å². The fourth-order valence-corrected chi connectivity index (χ4v) is 3.41. The third kappa shape index (κ3) is 3.00. The molecular formula is C14H11N5OS2. The third-order valence-electron chi connectivity index (χ3n) is 2.85. The highest BCUT2D eigenvalue weighted by Gasteiger charge is 2.13. The average Bonchev–Trinajstić information content (AvgIpc) is 3.15. The molecule has 0 aromatic carbocycles. The highest BCUT2D eigenvalue weighted by atomic mass is 32.2. The first kappa shape index (κ1) is 14.7. The lowest BCUT2D eigenvalue weighted by Gasteiger charge is -2.04. The van der Waals surface area contributed by atoms with E-state index in [0.29, 0.717) is 39.6 Å². The summed E-state index contributed by atoms with van der Waals surface area (Å²) in [7, 11) is 0. The zero-order chi connectivity index (χ0) is 15.5. The molecule has 0 unspecified atom stereocenters. The molecule has 22 heavy (non-hydrogen) atoms. The van der Waals surface area contributed by atoms with Crippen LogP contribution in [0.5, 0.6) is 0 Å². The maximum atomic E-state index is 9.22. The minimum absolute atomic E-state index is 0.484. The molecule has 0 amide bonds. The molecule has 3 rings (SSSR count). The Hall–Kier alpha value is -2.24. The van der Waals surface area contributed by atoms with E-state index in [9.17, 15) is 5.26 Å². The van der Waals surface area contributed by atoms with E-state index in [1.165, 1.54) is 11.8 Å². The van der Waals surface area contributed by atoms with Gasteiger partial charge in [0.2, 0.25) is 0 Å². The van der Waals surface area contributed by atoms with Crippen LogP contribution in [0, 0.1) is 25.2 Å². The number of nitriles is 1. The zero-order valence-corrected chi connectivity index (χ0v) is 13.5. The van der Waals surface area contributed by atoms with Crippen LogP contribution in [0.15, 0.2) is 26.4 Å². The molecule has 0 radical (unpaired) electrons. The number of nitrogens with zero attached hydrogens (tertiary/aromatic N) is 5. The van der Waals surface area contributed by atoms with Crippen LogP contribution < -0.4 is 0 Å². The molecule has 8 heteroatoms. The minimum Gasteiger partial charge on any atom is -0.334 e. The number of thiophene rings is 1. The van der Waals surface area contributed by atoms with Gasteiger partial charge >= 0.3 is 0 Å². The molecule has 0 atom stereocenters. The Bertz CT molecular complexity index is 836. The monoisotopic (exact) mass is 329 g/mol. The first-order chi connectivity index (χ1) is 10.7. The lowest BCUT2D eigenvalue weighted by Crippen LogP contribution is -1.99. The number of aromatic nitrogens is 4. The highest BCUT2D eigenvalue weighted by molar-refractivity contribution is 7.98. The summed E-state index contributed by atoms with van der Waals surface area (Å²) in [6.45, 7) is 3.61. The van der Waals surface area contributed by atoms with E-state index in [4.69, 9.17) is 4.52 Å². The summed E-state index contributed by atoms with van der Waals surface area (Å²) < 4.78 is 5.24. The standard InChI is InChI=1S/C14H11N5OS2/c1-8-11(5-15)14(17-9(2)16-8)22-7-12-18-13(20-19-12)10-3-4-21-6-10/h3-4,6H,7H2,1-2H3. The van der Waals surface area contributed by atoms with E-state index in [0.717, 1.165) is 5.56 Å². The van der Waals surface area contributed by atoms with Gasteiger partial charge in [0.1, 0.15) is 22.5 Å². The van der Waals surface area contributed by atoms with Crippen LogP contribution in [0.1, 0.15) is 22.9 Å². The van der Waals surface area contributed by atoms with E-state index < -0.39 is 0 Å². The molecule has 0 saturated heterocycles. The van der Waals surface area contributed by atoms with Gasteiger partial charge in [-0.2, -0.15) is 21.6 Å². The lowest BCUT2D eigenvalue weighted by molar-refractivity contribution is 0.425. The largest absolute Gasteiger partial charge is 0.334 e. The van der Waals surface area contributed by atoms with Crippen molar-refractivity contribution in [2.75, 3.05) is 0 Å².